The van der Waals surface area contributed by atoms with Gasteiger partial charge in [0.05, 0.1) is 4.92 Å². The molecule has 104 valence electrons. The quantitative estimate of drug-likeness (QED) is 0.586. The molecule has 20 heavy (non-hydrogen) atoms. The first-order valence-corrected chi connectivity index (χ1v) is 6.45. The topological polar surface area (TPSA) is 95.6 Å². The number of halogens is 1. The van der Waals surface area contributed by atoms with Crippen LogP contribution in [0, 0.1) is 10.1 Å². The molecule has 3 N–H and O–H groups in total. The number of rotatable bonds is 4. The number of phenols is 2. The predicted octanol–water partition coefficient (Wildman–Crippen LogP) is 3.38. The highest BCUT2D eigenvalue weighted by Gasteiger charge is 2.14. The molecule has 0 saturated heterocycles. The average Bonchev–Trinajstić information content (AvgIpc) is 2.38. The third-order valence-electron chi connectivity index (χ3n) is 2.69. The summed E-state index contributed by atoms with van der Waals surface area (Å²) in [6.45, 7) is 0.203. The van der Waals surface area contributed by atoms with Crippen LogP contribution in [-0.4, -0.2) is 15.1 Å². The zero-order valence-electron chi connectivity index (χ0n) is 10.2. The van der Waals surface area contributed by atoms with Crippen molar-refractivity contribution in [1.29, 1.82) is 0 Å². The van der Waals surface area contributed by atoms with Gasteiger partial charge in [0.1, 0.15) is 17.2 Å². The first-order chi connectivity index (χ1) is 9.47. The lowest BCUT2D eigenvalue weighted by Crippen LogP contribution is -2.02. The number of hydrogen-bond donors (Lipinski definition) is 3. The second-order valence-corrected chi connectivity index (χ2v) is 5.00. The second-order valence-electron chi connectivity index (χ2n) is 4.09. The molecule has 7 heteroatoms. The van der Waals surface area contributed by atoms with E-state index in [1.807, 2.05) is 0 Å². The second kappa shape index (κ2) is 5.79. The standard InChI is InChI=1S/C13H11BrN2O4/c14-9-2-4-11(12(5-9)16(19)20)15-7-8-1-3-10(17)6-13(8)18/h1-6,15,17-18H,7H2. The van der Waals surface area contributed by atoms with E-state index in [2.05, 4.69) is 21.2 Å². The number of nitrogens with zero attached hydrogens (tertiary/aromatic N) is 1. The Morgan fingerprint density at radius 3 is 2.60 bits per heavy atom. The number of phenolic OH excluding ortho intramolecular Hbond substituents is 2. The highest BCUT2D eigenvalue weighted by Crippen LogP contribution is 2.29. The molecule has 0 saturated carbocycles. The lowest BCUT2D eigenvalue weighted by molar-refractivity contribution is -0.384. The van der Waals surface area contributed by atoms with Gasteiger partial charge in [0.2, 0.25) is 0 Å². The number of anilines is 1. The zero-order chi connectivity index (χ0) is 14.7. The molecule has 2 aromatic rings. The van der Waals surface area contributed by atoms with E-state index in [0.717, 1.165) is 0 Å². The maximum Gasteiger partial charge on any atom is 0.293 e. The molecule has 0 atom stereocenters. The van der Waals surface area contributed by atoms with Crippen LogP contribution in [0.15, 0.2) is 40.9 Å². The van der Waals surface area contributed by atoms with Crippen LogP contribution < -0.4 is 5.32 Å². The molecule has 0 spiro atoms. The Balaban J connectivity index is 2.20. The Morgan fingerprint density at radius 2 is 1.95 bits per heavy atom. The van der Waals surface area contributed by atoms with Gasteiger partial charge >= 0.3 is 0 Å². The molecule has 0 aromatic heterocycles. The molecule has 0 unspecified atom stereocenters. The van der Waals surface area contributed by atoms with Crippen molar-refractivity contribution in [2.75, 3.05) is 5.32 Å². The van der Waals surface area contributed by atoms with E-state index in [0.29, 0.717) is 15.7 Å². The normalized spacial score (nSPS) is 10.2. The minimum absolute atomic E-state index is 0.0409. The molecule has 6 nitrogen and oxygen atoms in total. The van der Waals surface area contributed by atoms with Gasteiger partial charge in [-0.3, -0.25) is 10.1 Å². The van der Waals surface area contributed by atoms with Crippen molar-refractivity contribution in [3.8, 4) is 11.5 Å². The van der Waals surface area contributed by atoms with Crippen LogP contribution in [-0.2, 0) is 6.54 Å². The summed E-state index contributed by atoms with van der Waals surface area (Å²) in [5, 5.41) is 32.7. The zero-order valence-corrected chi connectivity index (χ0v) is 11.8. The maximum atomic E-state index is 11.0. The third-order valence-corrected chi connectivity index (χ3v) is 3.19. The Hall–Kier alpha value is -2.28. The van der Waals surface area contributed by atoms with Crippen molar-refractivity contribution in [2.45, 2.75) is 6.54 Å². The average molecular weight is 339 g/mol. The van der Waals surface area contributed by atoms with E-state index in [-0.39, 0.29) is 23.7 Å². The lowest BCUT2D eigenvalue weighted by Gasteiger charge is -2.09. The molecule has 2 rings (SSSR count). The highest BCUT2D eigenvalue weighted by molar-refractivity contribution is 9.10. The first-order valence-electron chi connectivity index (χ1n) is 5.66. The van der Waals surface area contributed by atoms with Crippen molar-refractivity contribution in [3.63, 3.8) is 0 Å². The minimum atomic E-state index is -0.482. The van der Waals surface area contributed by atoms with Gasteiger partial charge in [-0.15, -0.1) is 0 Å². The molecule has 0 aliphatic rings. The summed E-state index contributed by atoms with van der Waals surface area (Å²) in [5.74, 6) is -0.113. The molecule has 0 radical (unpaired) electrons. The van der Waals surface area contributed by atoms with Crippen molar-refractivity contribution < 1.29 is 15.1 Å². The van der Waals surface area contributed by atoms with Gasteiger partial charge < -0.3 is 15.5 Å². The summed E-state index contributed by atoms with van der Waals surface area (Å²) in [5.41, 5.74) is 0.823. The number of nitrogens with one attached hydrogen (secondary N) is 1. The number of benzene rings is 2. The van der Waals surface area contributed by atoms with Crippen LogP contribution in [0.2, 0.25) is 0 Å². The fourth-order valence-electron chi connectivity index (χ4n) is 1.70. The number of nitro benzene ring substituents is 1. The number of nitro groups is 1. The molecular weight excluding hydrogens is 328 g/mol. The van der Waals surface area contributed by atoms with Crippen LogP contribution in [0.3, 0.4) is 0 Å². The minimum Gasteiger partial charge on any atom is -0.508 e. The molecule has 2 aromatic carbocycles. The van der Waals surface area contributed by atoms with Crippen LogP contribution in [0.4, 0.5) is 11.4 Å². The summed E-state index contributed by atoms with van der Waals surface area (Å²) < 4.78 is 0.613. The molecule has 0 bridgehead atoms. The van der Waals surface area contributed by atoms with Gasteiger partial charge in [-0.1, -0.05) is 15.9 Å². The smallest absolute Gasteiger partial charge is 0.293 e. The molecule has 0 fully saturated rings. The van der Waals surface area contributed by atoms with E-state index >= 15 is 0 Å². The number of aromatic hydroxyl groups is 2. The monoisotopic (exact) mass is 338 g/mol. The van der Waals surface area contributed by atoms with Crippen LogP contribution in [0.1, 0.15) is 5.56 Å². The highest BCUT2D eigenvalue weighted by atomic mass is 79.9. The molecule has 0 heterocycles. The van der Waals surface area contributed by atoms with Crippen molar-refractivity contribution >= 4 is 27.3 Å². The molecule has 0 amide bonds. The molecule has 0 aliphatic carbocycles. The van der Waals surface area contributed by atoms with E-state index in [1.54, 1.807) is 18.2 Å². The Kier molecular flexibility index (Phi) is 4.09. The Bertz CT molecular complexity index is 661. The molecule has 0 aliphatic heterocycles. The van der Waals surface area contributed by atoms with Gasteiger partial charge in [-0.25, -0.2) is 0 Å². The van der Waals surface area contributed by atoms with E-state index in [4.69, 9.17) is 0 Å². The largest absolute Gasteiger partial charge is 0.508 e. The summed E-state index contributed by atoms with van der Waals surface area (Å²) in [6, 6.07) is 8.87. The van der Waals surface area contributed by atoms with E-state index in [1.165, 1.54) is 18.2 Å². The summed E-state index contributed by atoms with van der Waals surface area (Å²) in [4.78, 5) is 10.5. The Labute approximate surface area is 123 Å². The van der Waals surface area contributed by atoms with Crippen LogP contribution >= 0.6 is 15.9 Å². The summed E-state index contributed by atoms with van der Waals surface area (Å²) in [6.07, 6.45) is 0. The van der Waals surface area contributed by atoms with E-state index < -0.39 is 4.92 Å². The fourth-order valence-corrected chi connectivity index (χ4v) is 2.05. The van der Waals surface area contributed by atoms with Gasteiger partial charge in [0.25, 0.3) is 5.69 Å². The SMILES string of the molecule is O=[N+]([O-])c1cc(Br)ccc1NCc1ccc(O)cc1O. The van der Waals surface area contributed by atoms with Gasteiger partial charge in [0, 0.05) is 28.7 Å². The van der Waals surface area contributed by atoms with Gasteiger partial charge in [-0.2, -0.15) is 0 Å². The lowest BCUT2D eigenvalue weighted by atomic mass is 10.2. The van der Waals surface area contributed by atoms with E-state index in [9.17, 15) is 20.3 Å². The van der Waals surface area contributed by atoms with Crippen molar-refractivity contribution in [1.82, 2.24) is 0 Å². The Morgan fingerprint density at radius 1 is 1.20 bits per heavy atom. The predicted molar refractivity (Wildman–Crippen MR) is 77.9 cm³/mol. The van der Waals surface area contributed by atoms with Crippen molar-refractivity contribution in [3.05, 3.63) is 56.5 Å². The van der Waals surface area contributed by atoms with Crippen molar-refractivity contribution in [2.24, 2.45) is 0 Å². The first kappa shape index (κ1) is 14.1. The van der Waals surface area contributed by atoms with Gasteiger partial charge in [-0.05, 0) is 24.3 Å². The van der Waals surface area contributed by atoms with Crippen LogP contribution in [0.5, 0.6) is 11.5 Å². The summed E-state index contributed by atoms with van der Waals surface area (Å²) in [7, 11) is 0. The fraction of sp³-hybridized carbons (Fsp3) is 0.0769. The van der Waals surface area contributed by atoms with Crippen LogP contribution in [0.25, 0.3) is 0 Å². The molecular formula is C13H11BrN2O4. The number of hydrogen-bond acceptors (Lipinski definition) is 5. The third kappa shape index (κ3) is 3.18. The summed E-state index contributed by atoms with van der Waals surface area (Å²) >= 11 is 3.18. The maximum absolute atomic E-state index is 11.0. The van der Waals surface area contributed by atoms with Gasteiger partial charge in [0.15, 0.2) is 0 Å².